The zero-order valence-electron chi connectivity index (χ0n) is 14.4. The van der Waals surface area contributed by atoms with Gasteiger partial charge in [0.15, 0.2) is 11.5 Å². The number of ether oxygens (including phenoxy) is 3. The maximum atomic E-state index is 12.7. The van der Waals surface area contributed by atoms with Crippen molar-refractivity contribution in [2.45, 2.75) is 11.0 Å². The molecule has 1 atom stereocenters. The van der Waals surface area contributed by atoms with Crippen LogP contribution in [0.1, 0.15) is 10.4 Å². The Hall–Kier alpha value is -2.58. The predicted octanol–water partition coefficient (Wildman–Crippen LogP) is 1.93. The molecule has 0 unspecified atom stereocenters. The molecule has 1 aliphatic rings. The van der Waals surface area contributed by atoms with Gasteiger partial charge >= 0.3 is 5.97 Å². The van der Waals surface area contributed by atoms with E-state index in [0.717, 1.165) is 0 Å². The molecule has 0 fully saturated rings. The zero-order chi connectivity index (χ0) is 18.7. The van der Waals surface area contributed by atoms with Gasteiger partial charge in [-0.2, -0.15) is 4.31 Å². The van der Waals surface area contributed by atoms with Gasteiger partial charge in [0, 0.05) is 7.05 Å². The molecular weight excluding hydrogens is 358 g/mol. The molecule has 138 valence electrons. The van der Waals surface area contributed by atoms with Crippen LogP contribution in [0.3, 0.4) is 0 Å². The van der Waals surface area contributed by atoms with Crippen molar-refractivity contribution in [2.75, 3.05) is 27.3 Å². The summed E-state index contributed by atoms with van der Waals surface area (Å²) in [5, 5.41) is 0. The van der Waals surface area contributed by atoms with Gasteiger partial charge in [-0.15, -0.1) is 0 Å². The minimum Gasteiger partial charge on any atom is -0.486 e. The van der Waals surface area contributed by atoms with Gasteiger partial charge in [-0.05, 0) is 36.4 Å². The Kier molecular flexibility index (Phi) is 5.15. The van der Waals surface area contributed by atoms with Gasteiger partial charge in [0.05, 0.1) is 24.1 Å². The van der Waals surface area contributed by atoms with Crippen molar-refractivity contribution in [3.05, 3.63) is 54.1 Å². The second-order valence-electron chi connectivity index (χ2n) is 5.80. The topological polar surface area (TPSA) is 82.1 Å². The summed E-state index contributed by atoms with van der Waals surface area (Å²) < 4.78 is 42.7. The van der Waals surface area contributed by atoms with E-state index >= 15 is 0 Å². The Morgan fingerprint density at radius 1 is 1.15 bits per heavy atom. The number of carbonyl (C=O) groups excluding carboxylic acids is 1. The molecule has 1 aliphatic heterocycles. The van der Waals surface area contributed by atoms with Gasteiger partial charge in [-0.25, -0.2) is 13.2 Å². The highest BCUT2D eigenvalue weighted by molar-refractivity contribution is 7.89. The third-order valence-corrected chi connectivity index (χ3v) is 5.85. The summed E-state index contributed by atoms with van der Waals surface area (Å²) in [6.07, 6.45) is -0.418. The number of para-hydroxylation sites is 2. The Morgan fingerprint density at radius 2 is 1.81 bits per heavy atom. The summed E-state index contributed by atoms with van der Waals surface area (Å²) in [4.78, 5) is 11.5. The molecule has 7 nitrogen and oxygen atoms in total. The molecule has 2 aromatic rings. The van der Waals surface area contributed by atoms with Crippen LogP contribution >= 0.6 is 0 Å². The van der Waals surface area contributed by atoms with Crippen molar-refractivity contribution >= 4 is 16.0 Å². The van der Waals surface area contributed by atoms with Crippen molar-refractivity contribution in [1.29, 1.82) is 0 Å². The number of likely N-dealkylation sites (N-methyl/N-ethyl adjacent to an activating group) is 1. The van der Waals surface area contributed by atoms with Crippen LogP contribution in [-0.4, -0.2) is 52.1 Å². The van der Waals surface area contributed by atoms with Crippen LogP contribution in [0, 0.1) is 0 Å². The molecule has 0 spiro atoms. The highest BCUT2D eigenvalue weighted by atomic mass is 32.2. The first-order valence-corrected chi connectivity index (χ1v) is 9.39. The van der Waals surface area contributed by atoms with Gasteiger partial charge in [0.1, 0.15) is 12.7 Å². The van der Waals surface area contributed by atoms with Crippen molar-refractivity contribution in [3.63, 3.8) is 0 Å². The lowest BCUT2D eigenvalue weighted by Crippen LogP contribution is -2.41. The quantitative estimate of drug-likeness (QED) is 0.741. The number of rotatable bonds is 5. The van der Waals surface area contributed by atoms with Crippen LogP contribution in [0.2, 0.25) is 0 Å². The Bertz CT molecular complexity index is 894. The number of carbonyl (C=O) groups is 1. The van der Waals surface area contributed by atoms with Crippen molar-refractivity contribution < 1.29 is 27.4 Å². The average Bonchev–Trinajstić information content (AvgIpc) is 2.67. The number of hydrogen-bond acceptors (Lipinski definition) is 6. The molecule has 0 aromatic heterocycles. The fourth-order valence-corrected chi connectivity index (χ4v) is 3.80. The lowest BCUT2D eigenvalue weighted by Gasteiger charge is -2.29. The van der Waals surface area contributed by atoms with Gasteiger partial charge in [0.2, 0.25) is 10.0 Å². The molecule has 0 radical (unpaired) electrons. The predicted molar refractivity (Wildman–Crippen MR) is 94.0 cm³/mol. The lowest BCUT2D eigenvalue weighted by molar-refractivity contribution is 0.0600. The first kappa shape index (κ1) is 18.2. The molecule has 0 bridgehead atoms. The molecular formula is C18H19NO6S. The molecule has 0 aliphatic carbocycles. The Balaban J connectivity index is 1.71. The lowest BCUT2D eigenvalue weighted by atomic mass is 10.2. The van der Waals surface area contributed by atoms with E-state index in [-0.39, 0.29) is 23.6 Å². The zero-order valence-corrected chi connectivity index (χ0v) is 15.2. The smallest absolute Gasteiger partial charge is 0.337 e. The van der Waals surface area contributed by atoms with E-state index in [2.05, 4.69) is 4.74 Å². The number of hydrogen-bond donors (Lipinski definition) is 0. The van der Waals surface area contributed by atoms with Crippen LogP contribution < -0.4 is 9.47 Å². The second-order valence-corrected chi connectivity index (χ2v) is 7.84. The fourth-order valence-electron chi connectivity index (χ4n) is 2.60. The van der Waals surface area contributed by atoms with E-state index in [4.69, 9.17) is 9.47 Å². The van der Waals surface area contributed by atoms with Crippen molar-refractivity contribution in [3.8, 4) is 11.5 Å². The summed E-state index contributed by atoms with van der Waals surface area (Å²) in [6, 6.07) is 12.9. The molecule has 1 heterocycles. The molecule has 2 aromatic carbocycles. The standard InChI is InChI=1S/C18H19NO6S/c1-19(11-14-12-24-16-5-3-4-6-17(16)25-14)26(21,22)15-9-7-13(8-10-15)18(20)23-2/h3-10,14H,11-12H2,1-2H3/t14-/m1/s1. The van der Waals surface area contributed by atoms with E-state index < -0.39 is 22.1 Å². The van der Waals surface area contributed by atoms with Crippen LogP contribution in [-0.2, 0) is 14.8 Å². The van der Waals surface area contributed by atoms with E-state index in [1.807, 2.05) is 12.1 Å². The Morgan fingerprint density at radius 3 is 2.46 bits per heavy atom. The number of esters is 1. The molecule has 3 rings (SSSR count). The normalized spacial score (nSPS) is 16.3. The molecule has 0 amide bonds. The first-order valence-electron chi connectivity index (χ1n) is 7.95. The largest absolute Gasteiger partial charge is 0.486 e. The summed E-state index contributed by atoms with van der Waals surface area (Å²) in [7, 11) is -0.971. The third kappa shape index (κ3) is 3.66. The van der Waals surface area contributed by atoms with Crippen molar-refractivity contribution in [1.82, 2.24) is 4.31 Å². The van der Waals surface area contributed by atoms with Crippen LogP contribution in [0.15, 0.2) is 53.4 Å². The number of benzene rings is 2. The number of nitrogens with zero attached hydrogens (tertiary/aromatic N) is 1. The van der Waals surface area contributed by atoms with Crippen LogP contribution in [0.4, 0.5) is 0 Å². The molecule has 8 heteroatoms. The highest BCUT2D eigenvalue weighted by Gasteiger charge is 2.28. The number of sulfonamides is 1. The van der Waals surface area contributed by atoms with Crippen LogP contribution in [0.25, 0.3) is 0 Å². The maximum Gasteiger partial charge on any atom is 0.337 e. The maximum absolute atomic E-state index is 12.7. The minimum absolute atomic E-state index is 0.0878. The van der Waals surface area contributed by atoms with E-state index in [1.165, 1.54) is 42.7 Å². The first-order chi connectivity index (χ1) is 12.4. The average molecular weight is 377 g/mol. The van der Waals surface area contributed by atoms with Gasteiger partial charge in [-0.3, -0.25) is 0 Å². The van der Waals surface area contributed by atoms with Crippen molar-refractivity contribution in [2.24, 2.45) is 0 Å². The molecule has 0 saturated carbocycles. The third-order valence-electron chi connectivity index (χ3n) is 4.01. The van der Waals surface area contributed by atoms with Gasteiger partial charge in [0.25, 0.3) is 0 Å². The number of methoxy groups -OCH3 is 1. The molecule has 0 saturated heterocycles. The second kappa shape index (κ2) is 7.35. The SMILES string of the molecule is COC(=O)c1ccc(S(=O)(=O)N(C)C[C@@H]2COc3ccccc3O2)cc1. The Labute approximate surface area is 152 Å². The highest BCUT2D eigenvalue weighted by Crippen LogP contribution is 2.31. The fraction of sp³-hybridized carbons (Fsp3) is 0.278. The van der Waals surface area contributed by atoms with E-state index in [0.29, 0.717) is 11.5 Å². The monoisotopic (exact) mass is 377 g/mol. The van der Waals surface area contributed by atoms with Crippen LogP contribution in [0.5, 0.6) is 11.5 Å². The van der Waals surface area contributed by atoms with Gasteiger partial charge in [-0.1, -0.05) is 12.1 Å². The van der Waals surface area contributed by atoms with Gasteiger partial charge < -0.3 is 14.2 Å². The summed E-state index contributed by atoms with van der Waals surface area (Å²) >= 11 is 0. The summed E-state index contributed by atoms with van der Waals surface area (Å²) in [5.41, 5.74) is 0.287. The minimum atomic E-state index is -3.72. The number of fused-ring (bicyclic) bond motifs is 1. The molecule has 0 N–H and O–H groups in total. The van der Waals surface area contributed by atoms with E-state index in [1.54, 1.807) is 12.1 Å². The molecule has 26 heavy (non-hydrogen) atoms. The summed E-state index contributed by atoms with van der Waals surface area (Å²) in [5.74, 6) is 0.721. The summed E-state index contributed by atoms with van der Waals surface area (Å²) in [6.45, 7) is 0.396. The van der Waals surface area contributed by atoms with E-state index in [9.17, 15) is 13.2 Å².